The highest BCUT2D eigenvalue weighted by atomic mass is 35.5. The van der Waals surface area contributed by atoms with Gasteiger partial charge in [0.25, 0.3) is 0 Å². The summed E-state index contributed by atoms with van der Waals surface area (Å²) in [5.41, 5.74) is 3.09. The van der Waals surface area contributed by atoms with Crippen LogP contribution in [0.4, 0.5) is 22.4 Å². The first kappa shape index (κ1) is 32.5. The molecule has 3 amide bonds. The molecule has 3 atom stereocenters. The zero-order chi connectivity index (χ0) is 34.1. The molecule has 2 aliphatic heterocycles. The molecule has 1 aliphatic carbocycles. The number of carbonyl (C=O) groups excluding carboxylic acids is 2. The first-order chi connectivity index (χ1) is 22.9. The number of fused-ring (bicyclic) bond motifs is 5. The van der Waals surface area contributed by atoms with Crippen LogP contribution in [0.1, 0.15) is 48.7 Å². The Balaban J connectivity index is 1.34. The summed E-state index contributed by atoms with van der Waals surface area (Å²) in [5, 5.41) is 13.0. The number of aryl methyl sites for hydroxylation is 2. The number of nitrogens with zero attached hydrogens (tertiary/aromatic N) is 4. The maximum atomic E-state index is 16.6. The molecule has 3 aliphatic rings. The van der Waals surface area contributed by atoms with Crippen LogP contribution in [-0.2, 0) is 11.2 Å². The number of amides is 3. The molecule has 2 N–H and O–H groups in total. The summed E-state index contributed by atoms with van der Waals surface area (Å²) in [5.74, 6) is -0.999. The highest BCUT2D eigenvalue weighted by molar-refractivity contribution is 6.43. The van der Waals surface area contributed by atoms with Crippen LogP contribution in [0, 0.1) is 35.9 Å². The molecule has 250 valence electrons. The minimum Gasteiger partial charge on any atom is -0.356 e. The van der Waals surface area contributed by atoms with Crippen LogP contribution in [0.25, 0.3) is 32.9 Å². The number of piperidine rings is 1. The number of alkyl halides is 3. The Hall–Kier alpha value is -4.08. The third kappa shape index (κ3) is 5.71. The largest absolute Gasteiger partial charge is 0.405 e. The quantitative estimate of drug-likeness (QED) is 0.200. The van der Waals surface area contributed by atoms with E-state index in [1.807, 2.05) is 22.3 Å². The predicted octanol–water partition coefficient (Wildman–Crippen LogP) is 7.85. The number of aromatic amines is 1. The number of aromatic nitrogens is 2. The van der Waals surface area contributed by atoms with E-state index in [0.717, 1.165) is 18.2 Å². The van der Waals surface area contributed by atoms with Gasteiger partial charge in [-0.1, -0.05) is 35.3 Å². The minimum absolute atomic E-state index is 0.0312. The van der Waals surface area contributed by atoms with Gasteiger partial charge in [0.05, 0.1) is 33.7 Å². The summed E-state index contributed by atoms with van der Waals surface area (Å²) in [4.78, 5) is 37.8. The average Bonchev–Trinajstić information content (AvgIpc) is 3.74. The third-order valence-corrected chi connectivity index (χ3v) is 10.5. The fourth-order valence-electron chi connectivity index (χ4n) is 7.44. The van der Waals surface area contributed by atoms with Gasteiger partial charge in [-0.2, -0.15) is 18.4 Å². The molecule has 2 aromatic heterocycles. The van der Waals surface area contributed by atoms with Gasteiger partial charge >= 0.3 is 12.2 Å². The van der Waals surface area contributed by atoms with Crippen molar-refractivity contribution in [1.82, 2.24) is 25.1 Å². The Morgan fingerprint density at radius 3 is 2.65 bits per heavy atom. The number of nitriles is 1. The van der Waals surface area contributed by atoms with Crippen molar-refractivity contribution >= 4 is 56.9 Å². The molecular weight excluding hydrogens is 671 g/mol. The second-order valence-electron chi connectivity index (χ2n) is 12.9. The molecule has 7 rings (SSSR count). The summed E-state index contributed by atoms with van der Waals surface area (Å²) in [6, 6.07) is 9.13. The number of carbonyl (C=O) groups is 2. The normalized spacial score (nSPS) is 20.8. The molecule has 2 bridgehead atoms. The van der Waals surface area contributed by atoms with Gasteiger partial charge in [-0.25, -0.2) is 14.2 Å². The Morgan fingerprint density at radius 2 is 1.94 bits per heavy atom. The number of benzene rings is 2. The summed E-state index contributed by atoms with van der Waals surface area (Å²) < 4.78 is 55.2. The molecule has 14 heteroatoms. The second-order valence-corrected chi connectivity index (χ2v) is 13.7. The van der Waals surface area contributed by atoms with Crippen LogP contribution in [0.2, 0.25) is 10.0 Å². The highest BCUT2D eigenvalue weighted by Gasteiger charge is 2.52. The standard InChI is InChI=1S/C34H30Cl2F4N6O2/c1-16-22-12-25(31-19-10-20(46(31)32(47)17-7-8-17)14-45(13-19)33(48)42-15-34(38,39)40)44-29(22)23-11-18(4-3-9-41)26(28(37)30(23)43-16)21-5-2-6-24(35)27(21)36/h2,5-6,11-12,17,19-20,31,44H,3-4,7-8,10,13-15H2,1H3,(H,42,48). The number of likely N-dealkylation sites (tertiary alicyclic amines) is 2. The molecule has 0 radical (unpaired) electrons. The van der Waals surface area contributed by atoms with Gasteiger partial charge in [0.1, 0.15) is 12.1 Å². The van der Waals surface area contributed by atoms with E-state index in [1.165, 1.54) is 4.90 Å². The molecule has 48 heavy (non-hydrogen) atoms. The number of urea groups is 1. The van der Waals surface area contributed by atoms with Crippen molar-refractivity contribution in [2.75, 3.05) is 19.6 Å². The van der Waals surface area contributed by atoms with E-state index >= 15 is 4.39 Å². The van der Waals surface area contributed by atoms with Crippen molar-refractivity contribution in [3.63, 3.8) is 0 Å². The van der Waals surface area contributed by atoms with Crippen LogP contribution in [0.3, 0.4) is 0 Å². The number of pyridine rings is 1. The monoisotopic (exact) mass is 700 g/mol. The maximum Gasteiger partial charge on any atom is 0.405 e. The van der Waals surface area contributed by atoms with Gasteiger partial charge in [-0.15, -0.1) is 0 Å². The molecule has 1 saturated carbocycles. The van der Waals surface area contributed by atoms with E-state index in [9.17, 15) is 28.0 Å². The molecule has 4 aromatic rings. The third-order valence-electron chi connectivity index (χ3n) is 9.65. The number of H-pyrrole nitrogens is 1. The molecular formula is C34H30Cl2F4N6O2. The highest BCUT2D eigenvalue weighted by Crippen LogP contribution is 2.48. The summed E-state index contributed by atoms with van der Waals surface area (Å²) in [6.07, 6.45) is -2.05. The first-order valence-electron chi connectivity index (χ1n) is 15.7. The van der Waals surface area contributed by atoms with Crippen molar-refractivity contribution in [1.29, 1.82) is 5.26 Å². The van der Waals surface area contributed by atoms with Crippen molar-refractivity contribution < 1.29 is 27.2 Å². The number of rotatable bonds is 6. The zero-order valence-electron chi connectivity index (χ0n) is 25.7. The van der Waals surface area contributed by atoms with Crippen LogP contribution in [0.5, 0.6) is 0 Å². The predicted molar refractivity (Wildman–Crippen MR) is 173 cm³/mol. The van der Waals surface area contributed by atoms with Gasteiger partial charge in [0.15, 0.2) is 5.82 Å². The number of hydrogen-bond donors (Lipinski definition) is 2. The molecule has 2 saturated heterocycles. The molecule has 2 aromatic carbocycles. The number of hydrogen-bond acceptors (Lipinski definition) is 4. The van der Waals surface area contributed by atoms with Crippen molar-refractivity contribution in [3.8, 4) is 17.2 Å². The maximum absolute atomic E-state index is 16.6. The van der Waals surface area contributed by atoms with Crippen LogP contribution < -0.4 is 5.32 Å². The Kier molecular flexibility index (Phi) is 8.19. The van der Waals surface area contributed by atoms with Gasteiger partial charge in [-0.3, -0.25) is 4.79 Å². The fourth-order valence-corrected chi connectivity index (χ4v) is 7.83. The molecule has 0 spiro atoms. The number of halogens is 6. The van der Waals surface area contributed by atoms with E-state index in [2.05, 4.69) is 16.0 Å². The van der Waals surface area contributed by atoms with Crippen LogP contribution in [0.15, 0.2) is 30.3 Å². The van der Waals surface area contributed by atoms with E-state index in [1.54, 1.807) is 25.1 Å². The summed E-state index contributed by atoms with van der Waals surface area (Å²) in [6.45, 7) is 0.622. The Morgan fingerprint density at radius 1 is 1.17 bits per heavy atom. The lowest BCUT2D eigenvalue weighted by Crippen LogP contribution is -2.51. The SMILES string of the molecule is Cc1nc2c(F)c(-c3cccc(Cl)c3Cl)c(CCC#N)cc2c2[nH]c(C3C4CC(CN(C(=O)NCC(F)(F)F)C4)N3C(=O)C3CC3)cc12. The summed E-state index contributed by atoms with van der Waals surface area (Å²) in [7, 11) is 0. The zero-order valence-corrected chi connectivity index (χ0v) is 27.2. The molecule has 3 unspecified atom stereocenters. The summed E-state index contributed by atoms with van der Waals surface area (Å²) >= 11 is 12.8. The van der Waals surface area contributed by atoms with Crippen molar-refractivity contribution in [2.45, 2.75) is 57.3 Å². The Labute approximate surface area is 283 Å². The van der Waals surface area contributed by atoms with Gasteiger partial charge < -0.3 is 20.1 Å². The lowest BCUT2D eigenvalue weighted by Gasteiger charge is -2.32. The van der Waals surface area contributed by atoms with E-state index < -0.39 is 30.6 Å². The van der Waals surface area contributed by atoms with Gasteiger partial charge in [-0.05, 0) is 56.4 Å². The second kappa shape index (κ2) is 12.1. The lowest BCUT2D eigenvalue weighted by atomic mass is 9.93. The topological polar surface area (TPSA) is 105 Å². The fraction of sp³-hybridized carbons (Fsp3) is 0.412. The van der Waals surface area contributed by atoms with E-state index in [-0.39, 0.29) is 70.8 Å². The minimum atomic E-state index is -4.55. The first-order valence-corrected chi connectivity index (χ1v) is 16.5. The van der Waals surface area contributed by atoms with E-state index in [4.69, 9.17) is 23.2 Å². The molecule has 4 heterocycles. The van der Waals surface area contributed by atoms with Crippen LogP contribution in [-0.4, -0.2) is 63.6 Å². The van der Waals surface area contributed by atoms with Crippen LogP contribution >= 0.6 is 23.2 Å². The van der Waals surface area contributed by atoms with Crippen molar-refractivity contribution in [3.05, 3.63) is 63.1 Å². The average molecular weight is 702 g/mol. The lowest BCUT2D eigenvalue weighted by molar-refractivity contribution is -0.135. The number of nitrogens with one attached hydrogen (secondary N) is 2. The van der Waals surface area contributed by atoms with Crippen molar-refractivity contribution in [2.24, 2.45) is 11.8 Å². The van der Waals surface area contributed by atoms with Gasteiger partial charge in [0.2, 0.25) is 5.91 Å². The molecule has 8 nitrogen and oxygen atoms in total. The molecule has 3 fully saturated rings. The smallest absolute Gasteiger partial charge is 0.356 e. The van der Waals surface area contributed by atoms with Gasteiger partial charge in [0, 0.05) is 64.6 Å². The Bertz CT molecular complexity index is 2020. The van der Waals surface area contributed by atoms with E-state index in [0.29, 0.717) is 39.8 Å².